The minimum Gasteiger partial charge on any atom is -0.321 e. The van der Waals surface area contributed by atoms with Gasteiger partial charge in [-0.25, -0.2) is 15.0 Å². The van der Waals surface area contributed by atoms with Crippen LogP contribution in [0.25, 0.3) is 39.6 Å². The van der Waals surface area contributed by atoms with Crippen molar-refractivity contribution in [2.75, 3.05) is 0 Å². The van der Waals surface area contributed by atoms with Gasteiger partial charge < -0.3 is 5.73 Å². The number of imidazole rings is 1. The summed E-state index contributed by atoms with van der Waals surface area (Å²) in [7, 11) is 1.90. The average Bonchev–Trinajstić information content (AvgIpc) is 3.41. The van der Waals surface area contributed by atoms with E-state index in [1.54, 1.807) is 10.9 Å². The van der Waals surface area contributed by atoms with Crippen molar-refractivity contribution in [2.45, 2.75) is 24.8 Å². The van der Waals surface area contributed by atoms with E-state index in [0.29, 0.717) is 5.82 Å². The third-order valence-corrected chi connectivity index (χ3v) is 6.34. The summed E-state index contributed by atoms with van der Waals surface area (Å²) in [4.78, 5) is 14.3. The Balaban J connectivity index is 1.55. The first-order valence-corrected chi connectivity index (χ1v) is 10.8. The molecule has 0 saturated heterocycles. The highest BCUT2D eigenvalue weighted by atomic mass is 15.2. The molecule has 2 aromatic carbocycles. The van der Waals surface area contributed by atoms with Crippen LogP contribution >= 0.6 is 0 Å². The summed E-state index contributed by atoms with van der Waals surface area (Å²) in [5.74, 6) is 1.45. The van der Waals surface area contributed by atoms with E-state index in [-0.39, 0.29) is 5.54 Å². The summed E-state index contributed by atoms with van der Waals surface area (Å²) >= 11 is 0. The van der Waals surface area contributed by atoms with Crippen molar-refractivity contribution in [2.24, 2.45) is 12.8 Å². The van der Waals surface area contributed by atoms with Crippen LogP contribution < -0.4 is 5.73 Å². The van der Waals surface area contributed by atoms with Crippen molar-refractivity contribution in [3.05, 3.63) is 78.8 Å². The fourth-order valence-corrected chi connectivity index (χ4v) is 4.36. The predicted octanol–water partition coefficient (Wildman–Crippen LogP) is 4.22. The molecule has 32 heavy (non-hydrogen) atoms. The summed E-state index contributed by atoms with van der Waals surface area (Å²) < 4.78 is 3.85. The Morgan fingerprint density at radius 2 is 1.69 bits per heavy atom. The van der Waals surface area contributed by atoms with Crippen LogP contribution in [0.3, 0.4) is 0 Å². The largest absolute Gasteiger partial charge is 0.321 e. The lowest BCUT2D eigenvalue weighted by atomic mass is 9.73. The van der Waals surface area contributed by atoms with E-state index in [9.17, 15) is 0 Å². The summed E-state index contributed by atoms with van der Waals surface area (Å²) in [5.41, 5.74) is 11.9. The van der Waals surface area contributed by atoms with Crippen molar-refractivity contribution in [3.8, 4) is 28.5 Å². The van der Waals surface area contributed by atoms with Crippen molar-refractivity contribution < 1.29 is 0 Å². The fourth-order valence-electron chi connectivity index (χ4n) is 4.36. The summed E-state index contributed by atoms with van der Waals surface area (Å²) in [5, 5.41) is 4.34. The Hall–Kier alpha value is -3.84. The van der Waals surface area contributed by atoms with Crippen LogP contribution in [0.1, 0.15) is 24.8 Å². The van der Waals surface area contributed by atoms with Crippen LogP contribution in [-0.2, 0) is 12.6 Å². The van der Waals surface area contributed by atoms with Gasteiger partial charge in [0.15, 0.2) is 11.5 Å². The molecule has 3 heterocycles. The van der Waals surface area contributed by atoms with Crippen LogP contribution in [0, 0.1) is 0 Å². The molecular formula is C25H23N7. The number of hydrogen-bond donors (Lipinski definition) is 1. The molecule has 2 N–H and O–H groups in total. The lowest BCUT2D eigenvalue weighted by Crippen LogP contribution is -2.43. The van der Waals surface area contributed by atoms with Gasteiger partial charge in [-0.3, -0.25) is 9.25 Å². The van der Waals surface area contributed by atoms with Crippen LogP contribution in [0.15, 0.2) is 73.2 Å². The molecule has 0 aliphatic heterocycles. The van der Waals surface area contributed by atoms with E-state index in [0.717, 1.165) is 46.6 Å². The van der Waals surface area contributed by atoms with E-state index in [4.69, 9.17) is 15.7 Å². The zero-order valence-electron chi connectivity index (χ0n) is 17.8. The Bertz CT molecular complexity index is 1410. The summed E-state index contributed by atoms with van der Waals surface area (Å²) in [6.07, 6.45) is 8.83. The molecule has 1 aliphatic carbocycles. The molecule has 0 amide bonds. The Kier molecular flexibility index (Phi) is 4.19. The highest BCUT2D eigenvalue weighted by molar-refractivity contribution is 5.80. The number of rotatable bonds is 4. The van der Waals surface area contributed by atoms with Gasteiger partial charge in [0.25, 0.3) is 0 Å². The quantitative estimate of drug-likeness (QED) is 0.469. The molecule has 158 valence electrons. The lowest BCUT2D eigenvalue weighted by Gasteiger charge is -2.38. The molecule has 0 unspecified atom stereocenters. The number of aromatic nitrogens is 6. The first-order valence-electron chi connectivity index (χ1n) is 10.8. The van der Waals surface area contributed by atoms with Gasteiger partial charge in [0.05, 0.1) is 18.0 Å². The summed E-state index contributed by atoms with van der Waals surface area (Å²) in [6, 6.07) is 18.5. The standard InChI is InChI=1S/C25H23N7/c1-31-16-18(14-28-31)23-29-21-15-27-22(17-6-3-2-4-7-17)30-24(21)32(23)20-10-8-19(9-11-20)25(26)12-5-13-25/h2-4,6-11,14-16H,5,12-13,26H2,1H3. The van der Waals surface area contributed by atoms with Gasteiger partial charge in [-0.05, 0) is 37.0 Å². The van der Waals surface area contributed by atoms with E-state index in [1.165, 1.54) is 12.0 Å². The first kappa shape index (κ1) is 18.9. The van der Waals surface area contributed by atoms with Crippen molar-refractivity contribution >= 4 is 11.2 Å². The molecule has 1 saturated carbocycles. The first-order chi connectivity index (χ1) is 15.6. The van der Waals surface area contributed by atoms with Crippen LogP contribution in [0.5, 0.6) is 0 Å². The molecule has 0 radical (unpaired) electrons. The molecule has 1 fully saturated rings. The predicted molar refractivity (Wildman–Crippen MR) is 124 cm³/mol. The number of nitrogens with two attached hydrogens (primary N) is 1. The fraction of sp³-hybridized carbons (Fsp3) is 0.200. The molecule has 5 aromatic rings. The Morgan fingerprint density at radius 3 is 2.34 bits per heavy atom. The highest BCUT2D eigenvalue weighted by Gasteiger charge is 2.34. The maximum Gasteiger partial charge on any atom is 0.169 e. The number of aryl methyl sites for hydroxylation is 1. The normalized spacial score (nSPS) is 15.1. The second kappa shape index (κ2) is 7.10. The van der Waals surface area contributed by atoms with Crippen molar-refractivity contribution in [1.82, 2.24) is 29.3 Å². The second-order valence-corrected chi connectivity index (χ2v) is 8.50. The number of benzene rings is 2. The van der Waals surface area contributed by atoms with Crippen LogP contribution in [0.2, 0.25) is 0 Å². The third kappa shape index (κ3) is 3.01. The Morgan fingerprint density at radius 1 is 0.906 bits per heavy atom. The molecule has 0 atom stereocenters. The zero-order valence-corrected chi connectivity index (χ0v) is 17.8. The van der Waals surface area contributed by atoms with Gasteiger partial charge in [-0.2, -0.15) is 5.10 Å². The molecule has 7 nitrogen and oxygen atoms in total. The van der Waals surface area contributed by atoms with E-state index < -0.39 is 0 Å². The van der Waals surface area contributed by atoms with Crippen molar-refractivity contribution in [3.63, 3.8) is 0 Å². The maximum atomic E-state index is 6.54. The number of hydrogen-bond acceptors (Lipinski definition) is 5. The monoisotopic (exact) mass is 421 g/mol. The van der Waals surface area contributed by atoms with Gasteiger partial charge >= 0.3 is 0 Å². The minimum absolute atomic E-state index is 0.190. The van der Waals surface area contributed by atoms with E-state index in [2.05, 4.69) is 38.9 Å². The molecule has 3 aromatic heterocycles. The SMILES string of the molecule is Cn1cc(-c2nc3cnc(-c4ccccc4)nc3n2-c2ccc(C3(N)CCC3)cc2)cn1. The van der Waals surface area contributed by atoms with Gasteiger partial charge in [0.2, 0.25) is 0 Å². The smallest absolute Gasteiger partial charge is 0.169 e. The van der Waals surface area contributed by atoms with Gasteiger partial charge in [-0.15, -0.1) is 0 Å². The van der Waals surface area contributed by atoms with E-state index >= 15 is 0 Å². The molecule has 0 spiro atoms. The van der Waals surface area contributed by atoms with Crippen LogP contribution in [0.4, 0.5) is 0 Å². The summed E-state index contributed by atoms with van der Waals surface area (Å²) in [6.45, 7) is 0. The Labute approximate surface area is 185 Å². The van der Waals surface area contributed by atoms with Gasteiger partial charge in [-0.1, -0.05) is 42.5 Å². The van der Waals surface area contributed by atoms with Crippen molar-refractivity contribution in [1.29, 1.82) is 0 Å². The molecule has 6 rings (SSSR count). The molecular weight excluding hydrogens is 398 g/mol. The van der Waals surface area contributed by atoms with Gasteiger partial charge in [0, 0.05) is 30.0 Å². The maximum absolute atomic E-state index is 6.54. The second-order valence-electron chi connectivity index (χ2n) is 8.50. The van der Waals surface area contributed by atoms with Gasteiger partial charge in [0.1, 0.15) is 11.3 Å². The topological polar surface area (TPSA) is 87.4 Å². The molecule has 0 bridgehead atoms. The minimum atomic E-state index is -0.190. The molecule has 1 aliphatic rings. The zero-order chi connectivity index (χ0) is 21.7. The average molecular weight is 422 g/mol. The van der Waals surface area contributed by atoms with Crippen LogP contribution in [-0.4, -0.2) is 29.3 Å². The lowest BCUT2D eigenvalue weighted by molar-refractivity contribution is 0.253. The number of fused-ring (bicyclic) bond motifs is 1. The molecule has 7 heteroatoms. The van der Waals surface area contributed by atoms with E-state index in [1.807, 2.05) is 49.8 Å². The number of nitrogens with zero attached hydrogens (tertiary/aromatic N) is 6. The highest BCUT2D eigenvalue weighted by Crippen LogP contribution is 2.39. The third-order valence-electron chi connectivity index (χ3n) is 6.34.